The molecule has 0 aromatic heterocycles. The van der Waals surface area contributed by atoms with Gasteiger partial charge in [-0.2, -0.15) is 0 Å². The summed E-state index contributed by atoms with van der Waals surface area (Å²) in [7, 11) is 5.30. The highest BCUT2D eigenvalue weighted by molar-refractivity contribution is 5.42. The standard InChI is InChI=1S/C15H23NO3/c1-16-14-6-4-5-7-15(14)19-13-9-11(17-2)8-12(10-13)18-3/h8-10,14-16H,4-7H2,1-3H3. The SMILES string of the molecule is CNC1CCCCC1Oc1cc(OC)cc(OC)c1. The molecular formula is C15H23NO3. The number of nitrogens with one attached hydrogen (secondary N) is 1. The van der Waals surface area contributed by atoms with E-state index < -0.39 is 0 Å². The van der Waals surface area contributed by atoms with Crippen LogP contribution in [0.2, 0.25) is 0 Å². The second kappa shape index (κ2) is 6.66. The van der Waals surface area contributed by atoms with Crippen molar-refractivity contribution in [2.24, 2.45) is 0 Å². The van der Waals surface area contributed by atoms with Crippen LogP contribution in [0.3, 0.4) is 0 Å². The molecule has 1 saturated carbocycles. The van der Waals surface area contributed by atoms with Gasteiger partial charge in [0.05, 0.1) is 14.2 Å². The fourth-order valence-electron chi connectivity index (χ4n) is 2.59. The van der Waals surface area contributed by atoms with Crippen LogP contribution >= 0.6 is 0 Å². The van der Waals surface area contributed by atoms with Crippen LogP contribution in [0.5, 0.6) is 17.2 Å². The van der Waals surface area contributed by atoms with Gasteiger partial charge in [-0.05, 0) is 26.3 Å². The summed E-state index contributed by atoms with van der Waals surface area (Å²) in [6, 6.07) is 6.09. The Hall–Kier alpha value is -1.42. The third kappa shape index (κ3) is 3.53. The molecule has 0 aliphatic heterocycles. The minimum Gasteiger partial charge on any atom is -0.496 e. The Morgan fingerprint density at radius 1 is 0.947 bits per heavy atom. The predicted octanol–water partition coefficient (Wildman–Crippen LogP) is 2.61. The van der Waals surface area contributed by atoms with Gasteiger partial charge in [0.15, 0.2) is 0 Å². The molecule has 4 nitrogen and oxygen atoms in total. The second-order valence-electron chi connectivity index (χ2n) is 4.88. The van der Waals surface area contributed by atoms with Crippen molar-refractivity contribution in [3.05, 3.63) is 18.2 Å². The topological polar surface area (TPSA) is 39.7 Å². The molecule has 0 saturated heterocycles. The quantitative estimate of drug-likeness (QED) is 0.888. The summed E-state index contributed by atoms with van der Waals surface area (Å²) < 4.78 is 16.6. The fraction of sp³-hybridized carbons (Fsp3) is 0.600. The third-order valence-electron chi connectivity index (χ3n) is 3.69. The molecule has 2 atom stereocenters. The molecule has 0 radical (unpaired) electrons. The second-order valence-corrected chi connectivity index (χ2v) is 4.88. The monoisotopic (exact) mass is 265 g/mol. The zero-order valence-electron chi connectivity index (χ0n) is 11.9. The minimum atomic E-state index is 0.218. The molecule has 1 N–H and O–H groups in total. The highest BCUT2D eigenvalue weighted by Crippen LogP contribution is 2.30. The van der Waals surface area contributed by atoms with E-state index in [-0.39, 0.29) is 6.10 Å². The van der Waals surface area contributed by atoms with Crippen molar-refractivity contribution in [2.45, 2.75) is 37.8 Å². The van der Waals surface area contributed by atoms with Gasteiger partial charge in [0.1, 0.15) is 23.4 Å². The molecule has 1 aromatic carbocycles. The van der Waals surface area contributed by atoms with Crippen molar-refractivity contribution in [1.29, 1.82) is 0 Å². The summed E-state index contributed by atoms with van der Waals surface area (Å²) in [6.07, 6.45) is 4.97. The molecule has 106 valence electrons. The van der Waals surface area contributed by atoms with Crippen LogP contribution < -0.4 is 19.5 Å². The Labute approximate surface area is 115 Å². The van der Waals surface area contributed by atoms with Crippen molar-refractivity contribution >= 4 is 0 Å². The van der Waals surface area contributed by atoms with E-state index >= 15 is 0 Å². The zero-order valence-corrected chi connectivity index (χ0v) is 11.9. The van der Waals surface area contributed by atoms with Gasteiger partial charge in [-0.3, -0.25) is 0 Å². The van der Waals surface area contributed by atoms with Crippen molar-refractivity contribution in [3.8, 4) is 17.2 Å². The maximum absolute atomic E-state index is 6.12. The zero-order chi connectivity index (χ0) is 13.7. The molecule has 1 aliphatic carbocycles. The maximum atomic E-state index is 6.12. The van der Waals surface area contributed by atoms with Gasteiger partial charge in [-0.1, -0.05) is 6.42 Å². The predicted molar refractivity (Wildman–Crippen MR) is 75.3 cm³/mol. The molecule has 2 rings (SSSR count). The number of rotatable bonds is 5. The highest BCUT2D eigenvalue weighted by atomic mass is 16.5. The molecule has 19 heavy (non-hydrogen) atoms. The van der Waals surface area contributed by atoms with Crippen molar-refractivity contribution < 1.29 is 14.2 Å². The lowest BCUT2D eigenvalue weighted by Crippen LogP contribution is -2.43. The summed E-state index contributed by atoms with van der Waals surface area (Å²) >= 11 is 0. The van der Waals surface area contributed by atoms with Crippen LogP contribution in [-0.2, 0) is 0 Å². The van der Waals surface area contributed by atoms with E-state index in [4.69, 9.17) is 14.2 Å². The lowest BCUT2D eigenvalue weighted by Gasteiger charge is -2.31. The smallest absolute Gasteiger partial charge is 0.127 e. The Kier molecular flexibility index (Phi) is 4.91. The lowest BCUT2D eigenvalue weighted by molar-refractivity contribution is 0.117. The molecule has 0 bridgehead atoms. The van der Waals surface area contributed by atoms with Crippen molar-refractivity contribution in [2.75, 3.05) is 21.3 Å². The van der Waals surface area contributed by atoms with E-state index in [1.807, 2.05) is 25.2 Å². The summed E-state index contributed by atoms with van der Waals surface area (Å²) in [5.74, 6) is 2.32. The molecule has 2 unspecified atom stereocenters. The van der Waals surface area contributed by atoms with Gasteiger partial charge < -0.3 is 19.5 Å². The van der Waals surface area contributed by atoms with Crippen LogP contribution in [0, 0.1) is 0 Å². The van der Waals surface area contributed by atoms with Crippen LogP contribution in [0.25, 0.3) is 0 Å². The first-order valence-corrected chi connectivity index (χ1v) is 6.84. The van der Waals surface area contributed by atoms with Gasteiger partial charge in [0, 0.05) is 24.2 Å². The Bertz CT molecular complexity index is 386. The maximum Gasteiger partial charge on any atom is 0.127 e. The van der Waals surface area contributed by atoms with Crippen LogP contribution in [0.1, 0.15) is 25.7 Å². The van der Waals surface area contributed by atoms with E-state index in [0.717, 1.165) is 23.7 Å². The van der Waals surface area contributed by atoms with E-state index in [9.17, 15) is 0 Å². The van der Waals surface area contributed by atoms with Crippen LogP contribution in [0.15, 0.2) is 18.2 Å². The van der Waals surface area contributed by atoms with Gasteiger partial charge in [-0.15, -0.1) is 0 Å². The number of ether oxygens (including phenoxy) is 3. The van der Waals surface area contributed by atoms with Crippen LogP contribution in [0.4, 0.5) is 0 Å². The average molecular weight is 265 g/mol. The van der Waals surface area contributed by atoms with Crippen LogP contribution in [-0.4, -0.2) is 33.4 Å². The molecule has 0 amide bonds. The lowest BCUT2D eigenvalue weighted by atomic mass is 9.92. The van der Waals surface area contributed by atoms with Crippen molar-refractivity contribution in [1.82, 2.24) is 5.32 Å². The fourth-order valence-corrected chi connectivity index (χ4v) is 2.59. The first-order chi connectivity index (χ1) is 9.26. The molecule has 0 spiro atoms. The van der Waals surface area contributed by atoms with E-state index in [1.54, 1.807) is 14.2 Å². The molecule has 0 heterocycles. The minimum absolute atomic E-state index is 0.218. The third-order valence-corrected chi connectivity index (χ3v) is 3.69. The van der Waals surface area contributed by atoms with Crippen molar-refractivity contribution in [3.63, 3.8) is 0 Å². The Morgan fingerprint density at radius 2 is 1.53 bits per heavy atom. The number of methoxy groups -OCH3 is 2. The summed E-state index contributed by atoms with van der Waals surface area (Å²) in [5, 5.41) is 3.34. The van der Waals surface area contributed by atoms with Gasteiger partial charge >= 0.3 is 0 Å². The molecule has 4 heteroatoms. The average Bonchev–Trinajstić information content (AvgIpc) is 2.47. The number of benzene rings is 1. The highest BCUT2D eigenvalue weighted by Gasteiger charge is 2.25. The largest absolute Gasteiger partial charge is 0.496 e. The summed E-state index contributed by atoms with van der Waals surface area (Å²) in [4.78, 5) is 0. The van der Waals surface area contributed by atoms with E-state index in [2.05, 4.69) is 5.32 Å². The van der Waals surface area contributed by atoms with E-state index in [1.165, 1.54) is 19.3 Å². The van der Waals surface area contributed by atoms with E-state index in [0.29, 0.717) is 6.04 Å². The summed E-state index contributed by atoms with van der Waals surface area (Å²) in [5.41, 5.74) is 0. The normalized spacial score (nSPS) is 22.9. The Morgan fingerprint density at radius 3 is 2.11 bits per heavy atom. The number of hydrogen-bond acceptors (Lipinski definition) is 4. The van der Waals surface area contributed by atoms with Gasteiger partial charge in [0.25, 0.3) is 0 Å². The number of hydrogen-bond donors (Lipinski definition) is 1. The molecule has 1 aromatic rings. The van der Waals surface area contributed by atoms with Gasteiger partial charge in [0.2, 0.25) is 0 Å². The van der Waals surface area contributed by atoms with Gasteiger partial charge in [-0.25, -0.2) is 0 Å². The Balaban J connectivity index is 2.12. The molecule has 1 aliphatic rings. The first-order valence-electron chi connectivity index (χ1n) is 6.84. The molecular weight excluding hydrogens is 242 g/mol. The first kappa shape index (κ1) is 14.0. The summed E-state index contributed by atoms with van der Waals surface area (Å²) in [6.45, 7) is 0. The molecule has 1 fully saturated rings. The number of likely N-dealkylation sites (N-methyl/N-ethyl adjacent to an activating group) is 1.